The molecular formula is C18H22O3. The number of aryl methyl sites for hydroxylation is 1. The van der Waals surface area contributed by atoms with Crippen molar-refractivity contribution in [3.8, 4) is 11.5 Å². The molecule has 21 heavy (non-hydrogen) atoms. The van der Waals surface area contributed by atoms with E-state index >= 15 is 0 Å². The predicted octanol–water partition coefficient (Wildman–Crippen LogP) is 3.76. The highest BCUT2D eigenvalue weighted by molar-refractivity contribution is 5.39. The lowest BCUT2D eigenvalue weighted by molar-refractivity contribution is 0.106. The molecule has 1 N–H and O–H groups in total. The molecule has 0 amide bonds. The highest BCUT2D eigenvalue weighted by atomic mass is 16.5. The Morgan fingerprint density at radius 1 is 0.905 bits per heavy atom. The third-order valence-corrected chi connectivity index (χ3v) is 3.32. The fourth-order valence-electron chi connectivity index (χ4n) is 2.08. The van der Waals surface area contributed by atoms with Crippen LogP contribution in [0.25, 0.3) is 0 Å². The molecule has 0 spiro atoms. The second kappa shape index (κ2) is 7.70. The first-order chi connectivity index (χ1) is 10.2. The maximum Gasteiger partial charge on any atom is 0.161 e. The first-order valence-electron chi connectivity index (χ1n) is 7.36. The zero-order valence-electron chi connectivity index (χ0n) is 12.6. The van der Waals surface area contributed by atoms with Gasteiger partial charge in [0.1, 0.15) is 12.7 Å². The van der Waals surface area contributed by atoms with Gasteiger partial charge in [-0.3, -0.25) is 0 Å². The van der Waals surface area contributed by atoms with Crippen LogP contribution in [0, 0.1) is 0 Å². The standard InChI is InChI=1S/C18H22O3/c1-3-14-9-11-15(12-10-14)16(19)13-21-18-8-6-5-7-17(18)20-4-2/h5-12,16,19H,3-4,13H2,1-2H3. The Morgan fingerprint density at radius 3 is 2.10 bits per heavy atom. The van der Waals surface area contributed by atoms with Crippen molar-refractivity contribution < 1.29 is 14.6 Å². The fourth-order valence-corrected chi connectivity index (χ4v) is 2.08. The van der Waals surface area contributed by atoms with Crippen molar-refractivity contribution in [1.29, 1.82) is 0 Å². The van der Waals surface area contributed by atoms with E-state index in [1.165, 1.54) is 5.56 Å². The minimum Gasteiger partial charge on any atom is -0.490 e. The van der Waals surface area contributed by atoms with Gasteiger partial charge < -0.3 is 14.6 Å². The Kier molecular flexibility index (Phi) is 5.64. The zero-order chi connectivity index (χ0) is 15.1. The number of hydrogen-bond acceptors (Lipinski definition) is 3. The second-order valence-corrected chi connectivity index (χ2v) is 4.80. The molecule has 0 aliphatic heterocycles. The Balaban J connectivity index is 1.98. The van der Waals surface area contributed by atoms with Crippen molar-refractivity contribution in [3.05, 3.63) is 59.7 Å². The first-order valence-corrected chi connectivity index (χ1v) is 7.36. The van der Waals surface area contributed by atoms with Crippen LogP contribution in [-0.4, -0.2) is 18.3 Å². The molecule has 0 radical (unpaired) electrons. The summed E-state index contributed by atoms with van der Waals surface area (Å²) in [4.78, 5) is 0. The molecule has 3 heteroatoms. The summed E-state index contributed by atoms with van der Waals surface area (Å²) < 4.78 is 11.2. The molecule has 112 valence electrons. The molecule has 2 aromatic rings. The largest absolute Gasteiger partial charge is 0.490 e. The van der Waals surface area contributed by atoms with Crippen LogP contribution in [0.4, 0.5) is 0 Å². The summed E-state index contributed by atoms with van der Waals surface area (Å²) >= 11 is 0. The van der Waals surface area contributed by atoms with Crippen molar-refractivity contribution in [2.24, 2.45) is 0 Å². The molecule has 1 atom stereocenters. The van der Waals surface area contributed by atoms with Crippen molar-refractivity contribution in [2.45, 2.75) is 26.4 Å². The van der Waals surface area contributed by atoms with Crippen LogP contribution in [0.1, 0.15) is 31.1 Å². The van der Waals surface area contributed by atoms with Gasteiger partial charge in [0.25, 0.3) is 0 Å². The molecule has 3 nitrogen and oxygen atoms in total. The van der Waals surface area contributed by atoms with Crippen molar-refractivity contribution >= 4 is 0 Å². The Morgan fingerprint density at radius 2 is 1.52 bits per heavy atom. The summed E-state index contributed by atoms with van der Waals surface area (Å²) in [7, 11) is 0. The molecular weight excluding hydrogens is 264 g/mol. The molecule has 2 aromatic carbocycles. The van der Waals surface area contributed by atoms with Gasteiger partial charge in [0, 0.05) is 0 Å². The van der Waals surface area contributed by atoms with Gasteiger partial charge in [0.15, 0.2) is 11.5 Å². The molecule has 0 fully saturated rings. The van der Waals surface area contributed by atoms with E-state index in [0.29, 0.717) is 18.1 Å². The van der Waals surface area contributed by atoms with Gasteiger partial charge in [0.2, 0.25) is 0 Å². The number of rotatable bonds is 7. The average Bonchev–Trinajstić information content (AvgIpc) is 2.54. The van der Waals surface area contributed by atoms with Gasteiger partial charge in [-0.1, -0.05) is 43.3 Å². The predicted molar refractivity (Wildman–Crippen MR) is 83.9 cm³/mol. The average molecular weight is 286 g/mol. The highest BCUT2D eigenvalue weighted by Crippen LogP contribution is 2.27. The van der Waals surface area contributed by atoms with Crippen LogP contribution >= 0.6 is 0 Å². The minimum absolute atomic E-state index is 0.204. The molecule has 1 unspecified atom stereocenters. The lowest BCUT2D eigenvalue weighted by Gasteiger charge is -2.15. The topological polar surface area (TPSA) is 38.7 Å². The summed E-state index contributed by atoms with van der Waals surface area (Å²) in [5.74, 6) is 1.36. The number of hydrogen-bond donors (Lipinski definition) is 1. The van der Waals surface area contributed by atoms with E-state index < -0.39 is 6.10 Å². The summed E-state index contributed by atoms with van der Waals surface area (Å²) in [5.41, 5.74) is 2.12. The number of para-hydroxylation sites is 2. The molecule has 0 aromatic heterocycles. The van der Waals surface area contributed by atoms with Gasteiger partial charge in [-0.15, -0.1) is 0 Å². The van der Waals surface area contributed by atoms with E-state index in [1.54, 1.807) is 0 Å². The monoisotopic (exact) mass is 286 g/mol. The van der Waals surface area contributed by atoms with Crippen LogP contribution in [0.2, 0.25) is 0 Å². The maximum atomic E-state index is 10.2. The van der Waals surface area contributed by atoms with Crippen LogP contribution in [0.15, 0.2) is 48.5 Å². The maximum absolute atomic E-state index is 10.2. The SMILES string of the molecule is CCOc1ccccc1OCC(O)c1ccc(CC)cc1. The lowest BCUT2D eigenvalue weighted by atomic mass is 10.1. The second-order valence-electron chi connectivity index (χ2n) is 4.80. The minimum atomic E-state index is -0.648. The van der Waals surface area contributed by atoms with Crippen molar-refractivity contribution in [3.63, 3.8) is 0 Å². The summed E-state index contributed by atoms with van der Waals surface area (Å²) in [5, 5.41) is 10.2. The summed E-state index contributed by atoms with van der Waals surface area (Å²) in [6.45, 7) is 4.83. The van der Waals surface area contributed by atoms with E-state index in [2.05, 4.69) is 6.92 Å². The molecule has 0 aliphatic carbocycles. The first kappa shape index (κ1) is 15.4. The number of benzene rings is 2. The molecule has 0 heterocycles. The van der Waals surface area contributed by atoms with Crippen LogP contribution in [0.5, 0.6) is 11.5 Å². The van der Waals surface area contributed by atoms with Crippen molar-refractivity contribution in [2.75, 3.05) is 13.2 Å². The molecule has 0 saturated heterocycles. The van der Waals surface area contributed by atoms with E-state index in [1.807, 2.05) is 55.5 Å². The van der Waals surface area contributed by atoms with Gasteiger partial charge in [-0.25, -0.2) is 0 Å². The Labute approximate surface area is 126 Å². The van der Waals surface area contributed by atoms with E-state index in [4.69, 9.17) is 9.47 Å². The Bertz CT molecular complexity index is 549. The van der Waals surface area contributed by atoms with E-state index in [0.717, 1.165) is 12.0 Å². The van der Waals surface area contributed by atoms with E-state index in [-0.39, 0.29) is 6.61 Å². The number of aliphatic hydroxyl groups excluding tert-OH is 1. The third kappa shape index (κ3) is 4.23. The Hall–Kier alpha value is -2.00. The third-order valence-electron chi connectivity index (χ3n) is 3.32. The molecule has 0 aliphatic rings. The summed E-state index contributed by atoms with van der Waals surface area (Å²) in [6, 6.07) is 15.5. The van der Waals surface area contributed by atoms with Gasteiger partial charge >= 0.3 is 0 Å². The van der Waals surface area contributed by atoms with Gasteiger partial charge in [0.05, 0.1) is 6.61 Å². The van der Waals surface area contributed by atoms with Crippen LogP contribution in [-0.2, 0) is 6.42 Å². The van der Waals surface area contributed by atoms with Crippen LogP contribution < -0.4 is 9.47 Å². The normalized spacial score (nSPS) is 12.0. The quantitative estimate of drug-likeness (QED) is 0.842. The number of ether oxygens (including phenoxy) is 2. The molecule has 2 rings (SSSR count). The number of aliphatic hydroxyl groups is 1. The van der Waals surface area contributed by atoms with Gasteiger partial charge in [-0.05, 0) is 36.6 Å². The van der Waals surface area contributed by atoms with Crippen LogP contribution in [0.3, 0.4) is 0 Å². The molecule has 0 bridgehead atoms. The summed E-state index contributed by atoms with van der Waals surface area (Å²) in [6.07, 6.45) is 0.347. The molecule has 0 saturated carbocycles. The van der Waals surface area contributed by atoms with Gasteiger partial charge in [-0.2, -0.15) is 0 Å². The lowest BCUT2D eigenvalue weighted by Crippen LogP contribution is -2.10. The smallest absolute Gasteiger partial charge is 0.161 e. The van der Waals surface area contributed by atoms with E-state index in [9.17, 15) is 5.11 Å². The van der Waals surface area contributed by atoms with Crippen molar-refractivity contribution in [1.82, 2.24) is 0 Å². The fraction of sp³-hybridized carbons (Fsp3) is 0.333. The highest BCUT2D eigenvalue weighted by Gasteiger charge is 2.10. The zero-order valence-corrected chi connectivity index (χ0v) is 12.6.